The molecule has 0 saturated heterocycles. The Hall–Kier alpha value is -1.58. The van der Waals surface area contributed by atoms with E-state index in [1.54, 1.807) is 0 Å². The molecule has 1 N–H and O–H groups in total. The van der Waals surface area contributed by atoms with Crippen LogP contribution in [0.15, 0.2) is 0 Å². The number of carbonyl (C=O) groups is 1. The SMILES string of the molecule is O=C(O)CCCCCCCCCCC(F)(F)C(F)(F)C(F)(F)C(F)(F)C(F)(F)C(F)(F)C(F)(F)F. The smallest absolute Gasteiger partial charge is 0.460 e. The maximum Gasteiger partial charge on any atom is 0.460 e. The molecule has 35 heavy (non-hydrogen) atoms. The second kappa shape index (κ2) is 11.2. The Labute approximate surface area is 188 Å². The van der Waals surface area contributed by atoms with Crippen molar-refractivity contribution in [1.82, 2.24) is 0 Å². The van der Waals surface area contributed by atoms with Gasteiger partial charge in [0.2, 0.25) is 0 Å². The third kappa shape index (κ3) is 6.80. The molecule has 2 nitrogen and oxygen atoms in total. The molecule has 0 fully saturated rings. The van der Waals surface area contributed by atoms with E-state index in [1.807, 2.05) is 0 Å². The number of rotatable bonds is 16. The van der Waals surface area contributed by atoms with Crippen LogP contribution in [0.2, 0.25) is 0 Å². The Morgan fingerprint density at radius 2 is 0.771 bits per heavy atom. The second-order valence-corrected chi connectivity index (χ2v) is 7.80. The minimum atomic E-state index is -8.24. The maximum absolute atomic E-state index is 13.7. The zero-order valence-corrected chi connectivity index (χ0v) is 17.6. The first-order chi connectivity index (χ1) is 15.4. The number of halogens is 15. The molecule has 17 heteroatoms. The summed E-state index contributed by atoms with van der Waals surface area (Å²) in [7, 11) is 0. The first-order valence-electron chi connectivity index (χ1n) is 9.97. The highest BCUT2D eigenvalue weighted by Gasteiger charge is 2.93. The number of carboxylic acid groups (broad SMARTS) is 1. The summed E-state index contributed by atoms with van der Waals surface area (Å²) in [6.07, 6.45) is -9.23. The van der Waals surface area contributed by atoms with Gasteiger partial charge in [0.25, 0.3) is 0 Å². The third-order valence-electron chi connectivity index (χ3n) is 5.02. The first kappa shape index (κ1) is 33.4. The van der Waals surface area contributed by atoms with Crippen LogP contribution in [0.3, 0.4) is 0 Å². The summed E-state index contributed by atoms with van der Waals surface area (Å²) in [6, 6.07) is 0. The number of hydrogen-bond acceptors (Lipinski definition) is 1. The van der Waals surface area contributed by atoms with Gasteiger partial charge in [-0.25, -0.2) is 0 Å². The van der Waals surface area contributed by atoms with Gasteiger partial charge in [0.05, 0.1) is 0 Å². The second-order valence-electron chi connectivity index (χ2n) is 7.80. The van der Waals surface area contributed by atoms with E-state index in [0.29, 0.717) is 32.1 Å². The van der Waals surface area contributed by atoms with Crippen LogP contribution >= 0.6 is 0 Å². The van der Waals surface area contributed by atoms with E-state index in [1.165, 1.54) is 0 Å². The standard InChI is InChI=1S/C18H21F15O2/c19-12(20,10-8-6-4-2-1-3-5-7-9-11(34)35)13(21,22)14(23,24)15(25,26)16(27,28)17(29,30)18(31,32)33/h1-10H2,(H,34,35). The summed E-state index contributed by atoms with van der Waals surface area (Å²) in [6.45, 7) is 0. The van der Waals surface area contributed by atoms with Gasteiger partial charge in [-0.05, 0) is 12.8 Å². The lowest BCUT2D eigenvalue weighted by molar-refractivity contribution is -0.452. The van der Waals surface area contributed by atoms with Gasteiger partial charge in [-0.15, -0.1) is 0 Å². The lowest BCUT2D eigenvalue weighted by Gasteiger charge is -2.41. The van der Waals surface area contributed by atoms with Crippen LogP contribution in [-0.4, -0.2) is 52.8 Å². The molecule has 0 atom stereocenters. The predicted octanol–water partition coefficient (Wildman–Crippen LogP) is 8.35. The van der Waals surface area contributed by atoms with E-state index < -0.39 is 60.5 Å². The van der Waals surface area contributed by atoms with Gasteiger partial charge >= 0.3 is 47.7 Å². The van der Waals surface area contributed by atoms with Crippen molar-refractivity contribution in [3.8, 4) is 0 Å². The summed E-state index contributed by atoms with van der Waals surface area (Å²) < 4.78 is 196. The van der Waals surface area contributed by atoms with Crippen LogP contribution in [-0.2, 0) is 4.79 Å². The molecule has 0 aliphatic heterocycles. The molecular weight excluding hydrogens is 533 g/mol. The molecule has 0 bridgehead atoms. The quantitative estimate of drug-likeness (QED) is 0.154. The van der Waals surface area contributed by atoms with E-state index >= 15 is 0 Å². The van der Waals surface area contributed by atoms with Gasteiger partial charge < -0.3 is 5.11 Å². The van der Waals surface area contributed by atoms with Crippen molar-refractivity contribution in [3.63, 3.8) is 0 Å². The maximum atomic E-state index is 13.7. The molecule has 0 rings (SSSR count). The third-order valence-corrected chi connectivity index (χ3v) is 5.02. The van der Waals surface area contributed by atoms with Crippen LogP contribution in [0.1, 0.15) is 64.2 Å². The van der Waals surface area contributed by atoms with Crippen molar-refractivity contribution < 1.29 is 75.8 Å². The fourth-order valence-corrected chi connectivity index (χ4v) is 2.84. The molecule has 0 aromatic carbocycles. The van der Waals surface area contributed by atoms with Crippen molar-refractivity contribution in [1.29, 1.82) is 0 Å². The fourth-order valence-electron chi connectivity index (χ4n) is 2.84. The van der Waals surface area contributed by atoms with Gasteiger partial charge in [-0.1, -0.05) is 38.5 Å². The van der Waals surface area contributed by atoms with Crippen molar-refractivity contribution in [2.75, 3.05) is 0 Å². The molecule has 0 saturated carbocycles. The number of alkyl halides is 15. The summed E-state index contributed by atoms with van der Waals surface area (Å²) >= 11 is 0. The minimum Gasteiger partial charge on any atom is -0.481 e. The highest BCUT2D eigenvalue weighted by atomic mass is 19.4. The lowest BCUT2D eigenvalue weighted by atomic mass is 9.89. The Morgan fingerprint density at radius 3 is 1.14 bits per heavy atom. The van der Waals surface area contributed by atoms with Gasteiger partial charge in [0.1, 0.15) is 0 Å². The van der Waals surface area contributed by atoms with E-state index in [9.17, 15) is 70.7 Å². The zero-order valence-electron chi connectivity index (χ0n) is 17.6. The number of unbranched alkanes of at least 4 members (excludes halogenated alkanes) is 7. The number of aliphatic carboxylic acids is 1. The van der Waals surface area contributed by atoms with E-state index in [2.05, 4.69) is 0 Å². The topological polar surface area (TPSA) is 37.3 Å². The largest absolute Gasteiger partial charge is 0.481 e. The van der Waals surface area contributed by atoms with Crippen LogP contribution in [0.4, 0.5) is 65.9 Å². The monoisotopic (exact) mass is 554 g/mol. The average Bonchev–Trinajstić information content (AvgIpc) is 2.67. The molecule has 0 unspecified atom stereocenters. The number of hydrogen-bond donors (Lipinski definition) is 1. The predicted molar refractivity (Wildman–Crippen MR) is 89.5 cm³/mol. The molecule has 0 aliphatic rings. The Bertz CT molecular complexity index is 686. The molecule has 0 aromatic rings. The lowest BCUT2D eigenvalue weighted by Crippen LogP contribution is -2.72. The molecule has 0 spiro atoms. The van der Waals surface area contributed by atoms with Gasteiger partial charge in [-0.3, -0.25) is 4.79 Å². The van der Waals surface area contributed by atoms with Crippen LogP contribution in [0, 0.1) is 0 Å². The fraction of sp³-hybridized carbons (Fsp3) is 0.944. The highest BCUT2D eigenvalue weighted by molar-refractivity contribution is 5.66. The Morgan fingerprint density at radius 1 is 0.457 bits per heavy atom. The van der Waals surface area contributed by atoms with E-state index in [4.69, 9.17) is 5.11 Å². The van der Waals surface area contributed by atoms with Crippen LogP contribution < -0.4 is 0 Å². The Balaban J connectivity index is 5.21. The first-order valence-corrected chi connectivity index (χ1v) is 9.97. The molecular formula is C18H21F15O2. The van der Waals surface area contributed by atoms with Gasteiger partial charge in [0, 0.05) is 12.8 Å². The molecule has 0 heterocycles. The molecule has 0 aliphatic carbocycles. The summed E-state index contributed by atoms with van der Waals surface area (Å²) in [5.41, 5.74) is 0. The summed E-state index contributed by atoms with van der Waals surface area (Å²) in [4.78, 5) is 10.3. The molecule has 0 radical (unpaired) electrons. The molecule has 0 amide bonds. The summed E-state index contributed by atoms with van der Waals surface area (Å²) in [5, 5.41) is 8.42. The Kier molecular flexibility index (Phi) is 10.7. The average molecular weight is 554 g/mol. The highest BCUT2D eigenvalue weighted by Crippen LogP contribution is 2.62. The zero-order chi connectivity index (χ0) is 28.1. The van der Waals surface area contributed by atoms with Gasteiger partial charge in [-0.2, -0.15) is 65.9 Å². The summed E-state index contributed by atoms with van der Waals surface area (Å²) in [5.74, 6) is -47.1. The normalized spacial score (nSPS) is 14.9. The number of carboxylic acids is 1. The van der Waals surface area contributed by atoms with Crippen molar-refractivity contribution in [3.05, 3.63) is 0 Å². The van der Waals surface area contributed by atoms with E-state index in [-0.39, 0.29) is 19.3 Å². The van der Waals surface area contributed by atoms with Crippen LogP contribution in [0.25, 0.3) is 0 Å². The minimum absolute atomic E-state index is 0.0447. The van der Waals surface area contributed by atoms with Crippen molar-refractivity contribution in [2.24, 2.45) is 0 Å². The van der Waals surface area contributed by atoms with Crippen molar-refractivity contribution >= 4 is 5.97 Å². The van der Waals surface area contributed by atoms with Crippen LogP contribution in [0.5, 0.6) is 0 Å². The van der Waals surface area contributed by atoms with Crippen molar-refractivity contribution in [2.45, 2.75) is 106 Å². The molecule has 210 valence electrons. The van der Waals surface area contributed by atoms with E-state index in [0.717, 1.165) is 0 Å². The molecule has 0 aromatic heterocycles. The van der Waals surface area contributed by atoms with Gasteiger partial charge in [0.15, 0.2) is 0 Å².